The zero-order valence-corrected chi connectivity index (χ0v) is 14.6. The predicted octanol–water partition coefficient (Wildman–Crippen LogP) is 5.28. The van der Waals surface area contributed by atoms with Crippen LogP contribution in [0.5, 0.6) is 0 Å². The average molecular weight is 325 g/mol. The van der Waals surface area contributed by atoms with Gasteiger partial charge in [-0.2, -0.15) is 0 Å². The van der Waals surface area contributed by atoms with Crippen molar-refractivity contribution in [1.29, 1.82) is 0 Å². The first-order valence-electron chi connectivity index (χ1n) is 8.40. The normalized spacial score (nSPS) is 11.0. The molecule has 0 fully saturated rings. The van der Waals surface area contributed by atoms with E-state index in [1.54, 1.807) is 0 Å². The van der Waals surface area contributed by atoms with Crippen molar-refractivity contribution >= 4 is 10.9 Å². The molecule has 2 heterocycles. The molecule has 122 valence electrons. The molecule has 25 heavy (non-hydrogen) atoms. The first-order chi connectivity index (χ1) is 12.1. The van der Waals surface area contributed by atoms with Gasteiger partial charge in [-0.15, -0.1) is 0 Å². The van der Waals surface area contributed by atoms with Crippen LogP contribution in [0.15, 0.2) is 60.8 Å². The second-order valence-electron chi connectivity index (χ2n) is 6.36. The van der Waals surface area contributed by atoms with Crippen molar-refractivity contribution in [3.05, 3.63) is 77.5 Å². The molecule has 0 radical (unpaired) electrons. The van der Waals surface area contributed by atoms with Crippen molar-refractivity contribution in [2.75, 3.05) is 0 Å². The molecular formula is C22H19N3. The van der Waals surface area contributed by atoms with Crippen molar-refractivity contribution in [3.8, 4) is 22.8 Å². The Morgan fingerprint density at radius 1 is 0.720 bits per heavy atom. The summed E-state index contributed by atoms with van der Waals surface area (Å²) in [7, 11) is 0. The second kappa shape index (κ2) is 6.10. The molecule has 2 aromatic heterocycles. The maximum atomic E-state index is 4.90. The fourth-order valence-corrected chi connectivity index (χ4v) is 3.03. The summed E-state index contributed by atoms with van der Waals surface area (Å²) in [6.45, 7) is 6.37. The Morgan fingerprint density at radius 2 is 1.56 bits per heavy atom. The molecule has 0 spiro atoms. The van der Waals surface area contributed by atoms with E-state index in [0.29, 0.717) is 5.82 Å². The van der Waals surface area contributed by atoms with E-state index in [-0.39, 0.29) is 0 Å². The molecule has 0 N–H and O–H groups in total. The number of hydrogen-bond acceptors (Lipinski definition) is 3. The Hall–Kier alpha value is -3.07. The number of nitrogens with zero attached hydrogens (tertiary/aromatic N) is 3. The number of hydrogen-bond donors (Lipinski definition) is 0. The molecule has 0 amide bonds. The monoisotopic (exact) mass is 325 g/mol. The first kappa shape index (κ1) is 15.5. The molecule has 0 unspecified atom stereocenters. The number of para-hydroxylation sites is 1. The predicted molar refractivity (Wildman–Crippen MR) is 102 cm³/mol. The van der Waals surface area contributed by atoms with Crippen LogP contribution in [0.2, 0.25) is 0 Å². The van der Waals surface area contributed by atoms with Crippen LogP contribution in [-0.4, -0.2) is 15.0 Å². The van der Waals surface area contributed by atoms with E-state index in [4.69, 9.17) is 4.98 Å². The third-order valence-corrected chi connectivity index (χ3v) is 4.67. The van der Waals surface area contributed by atoms with E-state index >= 15 is 0 Å². The van der Waals surface area contributed by atoms with Crippen LogP contribution in [0.4, 0.5) is 0 Å². The van der Waals surface area contributed by atoms with Gasteiger partial charge in [0.1, 0.15) is 5.69 Å². The van der Waals surface area contributed by atoms with Crippen LogP contribution in [0.25, 0.3) is 33.7 Å². The summed E-state index contributed by atoms with van der Waals surface area (Å²) >= 11 is 0. The minimum absolute atomic E-state index is 0.658. The molecule has 3 nitrogen and oxygen atoms in total. The van der Waals surface area contributed by atoms with E-state index < -0.39 is 0 Å². The Morgan fingerprint density at radius 3 is 2.44 bits per heavy atom. The van der Waals surface area contributed by atoms with Crippen molar-refractivity contribution < 1.29 is 0 Å². The maximum absolute atomic E-state index is 4.90. The van der Waals surface area contributed by atoms with Gasteiger partial charge in [0.25, 0.3) is 0 Å². The molecule has 2 aromatic carbocycles. The lowest BCUT2D eigenvalue weighted by molar-refractivity contribution is 1.16. The summed E-state index contributed by atoms with van der Waals surface area (Å²) in [5.74, 6) is 0.658. The Labute approximate surface area is 147 Å². The molecule has 0 atom stereocenters. The Balaban J connectivity index is 1.87. The van der Waals surface area contributed by atoms with Gasteiger partial charge in [0, 0.05) is 17.1 Å². The Bertz CT molecular complexity index is 1080. The summed E-state index contributed by atoms with van der Waals surface area (Å²) in [6, 6.07) is 18.4. The average Bonchev–Trinajstić information content (AvgIpc) is 2.64. The zero-order valence-electron chi connectivity index (χ0n) is 14.6. The zero-order chi connectivity index (χ0) is 17.4. The van der Waals surface area contributed by atoms with E-state index in [2.05, 4.69) is 55.0 Å². The fourth-order valence-electron chi connectivity index (χ4n) is 3.03. The summed E-state index contributed by atoms with van der Waals surface area (Å²) in [5, 5.41) is 1.04. The van der Waals surface area contributed by atoms with E-state index in [9.17, 15) is 0 Å². The molecule has 0 bridgehead atoms. The quantitative estimate of drug-likeness (QED) is 0.503. The highest BCUT2D eigenvalue weighted by molar-refractivity contribution is 5.79. The van der Waals surface area contributed by atoms with Crippen LogP contribution in [0.1, 0.15) is 16.7 Å². The molecule has 0 saturated carbocycles. The van der Waals surface area contributed by atoms with E-state index in [1.807, 2.05) is 36.5 Å². The highest BCUT2D eigenvalue weighted by atomic mass is 14.9. The molecule has 4 rings (SSSR count). The van der Waals surface area contributed by atoms with Crippen LogP contribution in [0, 0.1) is 20.8 Å². The van der Waals surface area contributed by atoms with Crippen molar-refractivity contribution in [3.63, 3.8) is 0 Å². The van der Waals surface area contributed by atoms with Gasteiger partial charge >= 0.3 is 0 Å². The van der Waals surface area contributed by atoms with Crippen LogP contribution in [0.3, 0.4) is 0 Å². The molecular weight excluding hydrogens is 306 g/mol. The smallest absolute Gasteiger partial charge is 0.178 e. The number of aromatic nitrogens is 3. The van der Waals surface area contributed by atoms with Gasteiger partial charge in [0.15, 0.2) is 5.82 Å². The lowest BCUT2D eigenvalue weighted by Gasteiger charge is -2.12. The number of fused-ring (bicyclic) bond motifs is 1. The topological polar surface area (TPSA) is 38.7 Å². The first-order valence-corrected chi connectivity index (χ1v) is 8.40. The highest BCUT2D eigenvalue weighted by Crippen LogP contribution is 2.28. The molecule has 0 saturated heterocycles. The standard InChI is InChI=1S/C22H19N3/c1-14-7-6-9-18(16(14)3)21-15(2)11-12-20(24-21)22-23-13-17-8-4-5-10-19(17)25-22/h4-13H,1-3H3. The minimum Gasteiger partial charge on any atom is -0.244 e. The van der Waals surface area contributed by atoms with Gasteiger partial charge < -0.3 is 0 Å². The second-order valence-corrected chi connectivity index (χ2v) is 6.36. The number of benzene rings is 2. The van der Waals surface area contributed by atoms with E-state index in [0.717, 1.165) is 27.9 Å². The maximum Gasteiger partial charge on any atom is 0.178 e. The molecule has 0 aliphatic rings. The minimum atomic E-state index is 0.658. The number of rotatable bonds is 2. The van der Waals surface area contributed by atoms with Gasteiger partial charge in [-0.1, -0.05) is 42.5 Å². The SMILES string of the molecule is Cc1ccc(-c2ncc3ccccc3n2)nc1-c1cccc(C)c1C. The largest absolute Gasteiger partial charge is 0.244 e. The Kier molecular flexibility index (Phi) is 3.77. The summed E-state index contributed by atoms with van der Waals surface area (Å²) < 4.78 is 0. The van der Waals surface area contributed by atoms with E-state index in [1.165, 1.54) is 16.7 Å². The van der Waals surface area contributed by atoms with Crippen molar-refractivity contribution in [1.82, 2.24) is 15.0 Å². The molecule has 0 aliphatic carbocycles. The van der Waals surface area contributed by atoms with Gasteiger partial charge in [0.2, 0.25) is 0 Å². The summed E-state index contributed by atoms with van der Waals surface area (Å²) in [5.41, 5.74) is 7.57. The van der Waals surface area contributed by atoms with Crippen LogP contribution in [-0.2, 0) is 0 Å². The molecule has 3 heteroatoms. The van der Waals surface area contributed by atoms with Crippen LogP contribution < -0.4 is 0 Å². The third kappa shape index (κ3) is 2.78. The third-order valence-electron chi connectivity index (χ3n) is 4.67. The van der Waals surface area contributed by atoms with Gasteiger partial charge in [0.05, 0.1) is 11.2 Å². The summed E-state index contributed by atoms with van der Waals surface area (Å²) in [4.78, 5) is 14.1. The summed E-state index contributed by atoms with van der Waals surface area (Å²) in [6.07, 6.45) is 1.86. The molecule has 4 aromatic rings. The lowest BCUT2D eigenvalue weighted by Crippen LogP contribution is -1.97. The molecule has 0 aliphatic heterocycles. The van der Waals surface area contributed by atoms with Gasteiger partial charge in [-0.05, 0) is 49.6 Å². The van der Waals surface area contributed by atoms with Crippen LogP contribution >= 0.6 is 0 Å². The number of aryl methyl sites for hydroxylation is 2. The number of pyridine rings is 1. The van der Waals surface area contributed by atoms with Gasteiger partial charge in [-0.25, -0.2) is 15.0 Å². The van der Waals surface area contributed by atoms with Crippen molar-refractivity contribution in [2.45, 2.75) is 20.8 Å². The van der Waals surface area contributed by atoms with Gasteiger partial charge in [-0.3, -0.25) is 0 Å². The highest BCUT2D eigenvalue weighted by Gasteiger charge is 2.12. The lowest BCUT2D eigenvalue weighted by atomic mass is 9.98. The fraction of sp³-hybridized carbons (Fsp3) is 0.136. The van der Waals surface area contributed by atoms with Crippen molar-refractivity contribution in [2.24, 2.45) is 0 Å².